The Balaban J connectivity index is 1.46. The first-order valence-electron chi connectivity index (χ1n) is 7.07. The molecule has 86 valence electrons. The molecule has 0 heterocycles. The lowest BCUT2D eigenvalue weighted by Gasteiger charge is -2.22. The summed E-state index contributed by atoms with van der Waals surface area (Å²) in [6, 6.07) is 0.867. The van der Waals surface area contributed by atoms with Crippen molar-refractivity contribution in [3.8, 4) is 0 Å². The average Bonchev–Trinajstić information content (AvgIpc) is 3.12. The Morgan fingerprint density at radius 2 is 1.93 bits per heavy atom. The van der Waals surface area contributed by atoms with Crippen LogP contribution in [-0.2, 0) is 0 Å². The van der Waals surface area contributed by atoms with Gasteiger partial charge in [0, 0.05) is 12.6 Å². The summed E-state index contributed by atoms with van der Waals surface area (Å²) in [6.45, 7) is 3.67. The standard InChI is InChI=1S/C14H25N/c1-2-3-13(11-4-5-11)15-10-14(8-9-14)12-6-7-12/h11-13,15H,2-10H2,1H3. The van der Waals surface area contributed by atoms with Crippen molar-refractivity contribution < 1.29 is 0 Å². The Bertz CT molecular complexity index is 223. The van der Waals surface area contributed by atoms with Crippen molar-refractivity contribution in [2.24, 2.45) is 17.3 Å². The molecule has 1 nitrogen and oxygen atoms in total. The third kappa shape index (κ3) is 2.22. The highest BCUT2D eigenvalue weighted by molar-refractivity contribution is 5.05. The molecule has 1 unspecified atom stereocenters. The molecule has 1 heteroatoms. The zero-order valence-corrected chi connectivity index (χ0v) is 10.1. The van der Waals surface area contributed by atoms with Crippen LogP contribution in [0, 0.1) is 17.3 Å². The minimum atomic E-state index is 0.793. The van der Waals surface area contributed by atoms with E-state index < -0.39 is 0 Å². The second-order valence-corrected chi connectivity index (χ2v) is 6.25. The first-order chi connectivity index (χ1) is 7.34. The van der Waals surface area contributed by atoms with Crippen LogP contribution in [0.15, 0.2) is 0 Å². The summed E-state index contributed by atoms with van der Waals surface area (Å²) < 4.78 is 0. The van der Waals surface area contributed by atoms with Gasteiger partial charge in [0.2, 0.25) is 0 Å². The van der Waals surface area contributed by atoms with Crippen LogP contribution in [0.1, 0.15) is 58.3 Å². The van der Waals surface area contributed by atoms with Gasteiger partial charge in [-0.05, 0) is 62.2 Å². The van der Waals surface area contributed by atoms with Gasteiger partial charge in [-0.25, -0.2) is 0 Å². The second kappa shape index (κ2) is 3.76. The van der Waals surface area contributed by atoms with E-state index in [1.807, 2.05) is 0 Å². The fraction of sp³-hybridized carbons (Fsp3) is 1.00. The number of hydrogen-bond donors (Lipinski definition) is 1. The first-order valence-corrected chi connectivity index (χ1v) is 7.07. The van der Waals surface area contributed by atoms with Gasteiger partial charge >= 0.3 is 0 Å². The highest BCUT2D eigenvalue weighted by Gasteiger charge is 2.53. The van der Waals surface area contributed by atoms with Crippen molar-refractivity contribution in [3.63, 3.8) is 0 Å². The van der Waals surface area contributed by atoms with E-state index in [-0.39, 0.29) is 0 Å². The summed E-state index contributed by atoms with van der Waals surface area (Å²) in [7, 11) is 0. The van der Waals surface area contributed by atoms with Crippen LogP contribution in [0.25, 0.3) is 0 Å². The van der Waals surface area contributed by atoms with Gasteiger partial charge in [-0.15, -0.1) is 0 Å². The van der Waals surface area contributed by atoms with Crippen molar-refractivity contribution in [2.45, 2.75) is 64.3 Å². The minimum Gasteiger partial charge on any atom is -0.313 e. The summed E-state index contributed by atoms with van der Waals surface area (Å²) in [5.74, 6) is 2.16. The van der Waals surface area contributed by atoms with Gasteiger partial charge in [0.25, 0.3) is 0 Å². The lowest BCUT2D eigenvalue weighted by Crippen LogP contribution is -2.36. The monoisotopic (exact) mass is 207 g/mol. The van der Waals surface area contributed by atoms with Crippen molar-refractivity contribution >= 4 is 0 Å². The molecule has 0 saturated heterocycles. The van der Waals surface area contributed by atoms with Crippen molar-refractivity contribution in [3.05, 3.63) is 0 Å². The van der Waals surface area contributed by atoms with Crippen LogP contribution in [-0.4, -0.2) is 12.6 Å². The molecule has 0 radical (unpaired) electrons. The summed E-state index contributed by atoms with van der Waals surface area (Å²) in [5, 5.41) is 3.91. The van der Waals surface area contributed by atoms with E-state index in [4.69, 9.17) is 0 Å². The van der Waals surface area contributed by atoms with E-state index in [0.29, 0.717) is 0 Å². The smallest absolute Gasteiger partial charge is 0.00954 e. The van der Waals surface area contributed by atoms with Crippen LogP contribution in [0.2, 0.25) is 0 Å². The summed E-state index contributed by atoms with van der Waals surface area (Å²) >= 11 is 0. The molecule has 3 saturated carbocycles. The van der Waals surface area contributed by atoms with Crippen molar-refractivity contribution in [1.82, 2.24) is 5.32 Å². The first kappa shape index (κ1) is 10.1. The molecule has 3 aliphatic rings. The van der Waals surface area contributed by atoms with Gasteiger partial charge in [-0.3, -0.25) is 0 Å². The number of hydrogen-bond acceptors (Lipinski definition) is 1. The van der Waals surface area contributed by atoms with Gasteiger partial charge in [-0.1, -0.05) is 13.3 Å². The van der Waals surface area contributed by atoms with E-state index >= 15 is 0 Å². The lowest BCUT2D eigenvalue weighted by atomic mass is 9.99. The highest BCUT2D eigenvalue weighted by atomic mass is 15.0. The molecular weight excluding hydrogens is 182 g/mol. The van der Waals surface area contributed by atoms with Crippen LogP contribution in [0.5, 0.6) is 0 Å². The Morgan fingerprint density at radius 3 is 2.40 bits per heavy atom. The van der Waals surface area contributed by atoms with Crippen molar-refractivity contribution in [1.29, 1.82) is 0 Å². The zero-order chi connectivity index (χ0) is 10.3. The third-order valence-corrected chi connectivity index (χ3v) is 4.84. The Kier molecular flexibility index (Phi) is 2.54. The third-order valence-electron chi connectivity index (χ3n) is 4.84. The minimum absolute atomic E-state index is 0.793. The van der Waals surface area contributed by atoms with Gasteiger partial charge in [0.15, 0.2) is 0 Å². The van der Waals surface area contributed by atoms with E-state index in [1.54, 1.807) is 0 Å². The molecular formula is C14H25N. The average molecular weight is 207 g/mol. The molecule has 0 bridgehead atoms. The van der Waals surface area contributed by atoms with E-state index in [0.717, 1.165) is 23.3 Å². The Morgan fingerprint density at radius 1 is 1.20 bits per heavy atom. The molecule has 0 aromatic heterocycles. The summed E-state index contributed by atoms with van der Waals surface area (Å²) in [6.07, 6.45) is 11.9. The molecule has 1 N–H and O–H groups in total. The molecule has 0 aromatic rings. The number of nitrogens with one attached hydrogen (secondary N) is 1. The maximum atomic E-state index is 3.91. The number of rotatable bonds is 7. The quantitative estimate of drug-likeness (QED) is 0.675. The molecule has 0 spiro atoms. The lowest BCUT2D eigenvalue weighted by molar-refractivity contribution is 0.343. The fourth-order valence-electron chi connectivity index (χ4n) is 3.23. The Hall–Kier alpha value is -0.0400. The topological polar surface area (TPSA) is 12.0 Å². The van der Waals surface area contributed by atoms with Gasteiger partial charge in [-0.2, -0.15) is 0 Å². The zero-order valence-electron chi connectivity index (χ0n) is 10.1. The highest BCUT2D eigenvalue weighted by Crippen LogP contribution is 2.61. The van der Waals surface area contributed by atoms with E-state index in [2.05, 4.69) is 12.2 Å². The van der Waals surface area contributed by atoms with Crippen molar-refractivity contribution in [2.75, 3.05) is 6.54 Å². The summed E-state index contributed by atoms with van der Waals surface area (Å²) in [4.78, 5) is 0. The fourth-order valence-corrected chi connectivity index (χ4v) is 3.23. The molecule has 3 fully saturated rings. The van der Waals surface area contributed by atoms with E-state index in [1.165, 1.54) is 57.9 Å². The Labute approximate surface area is 94.0 Å². The maximum absolute atomic E-state index is 3.91. The van der Waals surface area contributed by atoms with Gasteiger partial charge < -0.3 is 5.32 Å². The van der Waals surface area contributed by atoms with Crippen LogP contribution in [0.4, 0.5) is 0 Å². The summed E-state index contributed by atoms with van der Waals surface area (Å²) in [5.41, 5.74) is 0.793. The largest absolute Gasteiger partial charge is 0.313 e. The molecule has 0 aliphatic heterocycles. The SMILES string of the molecule is CCCC(NCC1(C2CC2)CC1)C1CC1. The van der Waals surface area contributed by atoms with Gasteiger partial charge in [0.05, 0.1) is 0 Å². The second-order valence-electron chi connectivity index (χ2n) is 6.25. The van der Waals surface area contributed by atoms with Crippen LogP contribution in [0.3, 0.4) is 0 Å². The molecule has 15 heavy (non-hydrogen) atoms. The van der Waals surface area contributed by atoms with Crippen LogP contribution < -0.4 is 5.32 Å². The van der Waals surface area contributed by atoms with Gasteiger partial charge in [0.1, 0.15) is 0 Å². The maximum Gasteiger partial charge on any atom is 0.00954 e. The normalized spacial score (nSPS) is 30.2. The molecule has 3 rings (SSSR count). The van der Waals surface area contributed by atoms with E-state index in [9.17, 15) is 0 Å². The predicted octanol–water partition coefficient (Wildman–Crippen LogP) is 3.34. The predicted molar refractivity (Wildman–Crippen MR) is 63.8 cm³/mol. The molecule has 3 aliphatic carbocycles. The molecule has 0 aromatic carbocycles. The molecule has 1 atom stereocenters. The molecule has 0 amide bonds. The van der Waals surface area contributed by atoms with Crippen LogP contribution >= 0.6 is 0 Å².